The van der Waals surface area contributed by atoms with E-state index in [1.807, 2.05) is 6.92 Å². The highest BCUT2D eigenvalue weighted by Gasteiger charge is 2.28. The Kier molecular flexibility index (Phi) is 4.42. The van der Waals surface area contributed by atoms with E-state index in [-0.39, 0.29) is 28.9 Å². The molecule has 1 aromatic carbocycles. The highest BCUT2D eigenvalue weighted by atomic mass is 16.6. The number of piperidine rings is 1. The molecule has 1 aliphatic rings. The number of nitro benzene ring substituents is 1. The third kappa shape index (κ3) is 3.13. The number of carbonyl (C=O) groups is 1. The molecule has 0 saturated carbocycles. The fourth-order valence-electron chi connectivity index (χ4n) is 2.70. The number of hydrogen-bond donors (Lipinski definition) is 2. The summed E-state index contributed by atoms with van der Waals surface area (Å²) in [5.41, 5.74) is 11.5. The van der Waals surface area contributed by atoms with Crippen molar-refractivity contribution in [1.82, 2.24) is 4.90 Å². The lowest BCUT2D eigenvalue weighted by Crippen LogP contribution is -2.42. The maximum absolute atomic E-state index is 12.5. The lowest BCUT2D eigenvalue weighted by Gasteiger charge is -2.33. The van der Waals surface area contributed by atoms with Crippen molar-refractivity contribution in [3.05, 3.63) is 33.9 Å². The van der Waals surface area contributed by atoms with Gasteiger partial charge < -0.3 is 16.4 Å². The summed E-state index contributed by atoms with van der Waals surface area (Å²) in [7, 11) is 0. The van der Waals surface area contributed by atoms with Crippen LogP contribution in [0.25, 0.3) is 0 Å². The fourth-order valence-corrected chi connectivity index (χ4v) is 2.70. The predicted molar refractivity (Wildman–Crippen MR) is 79.8 cm³/mol. The summed E-state index contributed by atoms with van der Waals surface area (Å²) >= 11 is 0. The second kappa shape index (κ2) is 6.09. The van der Waals surface area contributed by atoms with Crippen molar-refractivity contribution in [3.8, 4) is 0 Å². The first kappa shape index (κ1) is 15.2. The number of nitro groups is 1. The minimum atomic E-state index is -0.575. The van der Waals surface area contributed by atoms with Gasteiger partial charge in [-0.15, -0.1) is 0 Å². The molecule has 2 rings (SSSR count). The second-order valence-electron chi connectivity index (χ2n) is 5.48. The second-order valence-corrected chi connectivity index (χ2v) is 5.48. The zero-order chi connectivity index (χ0) is 15.6. The molecule has 21 heavy (non-hydrogen) atoms. The van der Waals surface area contributed by atoms with Gasteiger partial charge in [-0.1, -0.05) is 6.07 Å². The average molecular weight is 292 g/mol. The molecule has 1 aliphatic heterocycles. The molecular weight excluding hydrogens is 272 g/mol. The van der Waals surface area contributed by atoms with Gasteiger partial charge in [-0.2, -0.15) is 0 Å². The van der Waals surface area contributed by atoms with Gasteiger partial charge >= 0.3 is 0 Å². The SMILES string of the molecule is CC(N)C1CCN(C(=O)c2cccc([N+](=O)[O-])c2N)CC1. The summed E-state index contributed by atoms with van der Waals surface area (Å²) < 4.78 is 0. The molecule has 1 amide bonds. The molecule has 0 spiro atoms. The van der Waals surface area contributed by atoms with Crippen molar-refractivity contribution in [3.63, 3.8) is 0 Å². The van der Waals surface area contributed by atoms with Gasteiger partial charge in [0, 0.05) is 25.2 Å². The van der Waals surface area contributed by atoms with E-state index in [0.29, 0.717) is 19.0 Å². The maximum atomic E-state index is 12.5. The van der Waals surface area contributed by atoms with Gasteiger partial charge in [-0.05, 0) is 31.7 Å². The Morgan fingerprint density at radius 3 is 2.57 bits per heavy atom. The summed E-state index contributed by atoms with van der Waals surface area (Å²) in [6.45, 7) is 3.18. The van der Waals surface area contributed by atoms with Crippen LogP contribution in [0.15, 0.2) is 18.2 Å². The van der Waals surface area contributed by atoms with E-state index in [9.17, 15) is 14.9 Å². The van der Waals surface area contributed by atoms with Crippen molar-refractivity contribution in [2.24, 2.45) is 11.7 Å². The van der Waals surface area contributed by atoms with Crippen LogP contribution in [-0.4, -0.2) is 34.9 Å². The normalized spacial score (nSPS) is 17.5. The van der Waals surface area contributed by atoms with Crippen LogP contribution in [0.5, 0.6) is 0 Å². The van der Waals surface area contributed by atoms with E-state index in [0.717, 1.165) is 12.8 Å². The Morgan fingerprint density at radius 1 is 1.43 bits per heavy atom. The summed E-state index contributed by atoms with van der Waals surface area (Å²) in [5, 5.41) is 10.9. The van der Waals surface area contributed by atoms with Gasteiger partial charge in [0.15, 0.2) is 0 Å². The molecule has 1 heterocycles. The van der Waals surface area contributed by atoms with E-state index in [2.05, 4.69) is 0 Å². The molecule has 0 aliphatic carbocycles. The minimum Gasteiger partial charge on any atom is -0.393 e. The number of anilines is 1. The number of nitrogens with zero attached hydrogens (tertiary/aromatic N) is 2. The summed E-state index contributed by atoms with van der Waals surface area (Å²) in [5.74, 6) is 0.163. The summed E-state index contributed by atoms with van der Waals surface area (Å²) in [6.07, 6.45) is 1.69. The quantitative estimate of drug-likeness (QED) is 0.496. The van der Waals surface area contributed by atoms with Crippen molar-refractivity contribution in [1.29, 1.82) is 0 Å². The van der Waals surface area contributed by atoms with E-state index < -0.39 is 4.92 Å². The molecule has 1 aromatic rings. The molecule has 114 valence electrons. The van der Waals surface area contributed by atoms with Crippen LogP contribution in [-0.2, 0) is 0 Å². The molecule has 0 bridgehead atoms. The predicted octanol–water partition coefficient (Wildman–Crippen LogP) is 1.38. The number of para-hydroxylation sites is 1. The van der Waals surface area contributed by atoms with Gasteiger partial charge in [-0.25, -0.2) is 0 Å². The molecule has 4 N–H and O–H groups in total. The minimum absolute atomic E-state index is 0.0678. The zero-order valence-electron chi connectivity index (χ0n) is 12.0. The Balaban J connectivity index is 2.15. The number of likely N-dealkylation sites (tertiary alicyclic amines) is 1. The molecule has 0 aromatic heterocycles. The smallest absolute Gasteiger partial charge is 0.292 e. The van der Waals surface area contributed by atoms with Crippen LogP contribution in [0, 0.1) is 16.0 Å². The maximum Gasteiger partial charge on any atom is 0.292 e. The number of amides is 1. The van der Waals surface area contributed by atoms with Crippen LogP contribution >= 0.6 is 0 Å². The molecule has 7 nitrogen and oxygen atoms in total. The zero-order valence-corrected chi connectivity index (χ0v) is 12.0. The fraction of sp³-hybridized carbons (Fsp3) is 0.500. The Bertz CT molecular complexity index is 551. The topological polar surface area (TPSA) is 115 Å². The molecule has 1 unspecified atom stereocenters. The van der Waals surface area contributed by atoms with Crippen molar-refractivity contribution in [2.45, 2.75) is 25.8 Å². The molecular formula is C14H20N4O3. The molecule has 7 heteroatoms. The Hall–Kier alpha value is -2.15. The summed E-state index contributed by atoms with van der Waals surface area (Å²) in [4.78, 5) is 24.5. The first-order valence-electron chi connectivity index (χ1n) is 6.99. The van der Waals surface area contributed by atoms with Gasteiger partial charge in [0.1, 0.15) is 5.69 Å². The highest BCUT2D eigenvalue weighted by Crippen LogP contribution is 2.27. The van der Waals surface area contributed by atoms with Crippen LogP contribution in [0.1, 0.15) is 30.1 Å². The Morgan fingerprint density at radius 2 is 2.05 bits per heavy atom. The standard InChI is InChI=1S/C14H20N4O3/c1-9(15)10-5-7-17(8-6-10)14(19)11-3-2-4-12(13(11)16)18(20)21/h2-4,9-10H,5-8,15-16H2,1H3. The van der Waals surface area contributed by atoms with E-state index >= 15 is 0 Å². The average Bonchev–Trinajstić information content (AvgIpc) is 2.46. The van der Waals surface area contributed by atoms with Crippen LogP contribution in [0.4, 0.5) is 11.4 Å². The Labute approximate surface area is 123 Å². The van der Waals surface area contributed by atoms with Crippen molar-refractivity contribution in [2.75, 3.05) is 18.8 Å². The number of rotatable bonds is 3. The third-order valence-electron chi connectivity index (χ3n) is 4.08. The largest absolute Gasteiger partial charge is 0.393 e. The van der Waals surface area contributed by atoms with E-state index in [1.165, 1.54) is 18.2 Å². The number of nitrogens with two attached hydrogens (primary N) is 2. The van der Waals surface area contributed by atoms with Crippen molar-refractivity contribution < 1.29 is 9.72 Å². The molecule has 1 fully saturated rings. The molecule has 1 atom stereocenters. The monoisotopic (exact) mass is 292 g/mol. The van der Waals surface area contributed by atoms with Gasteiger partial charge in [0.25, 0.3) is 11.6 Å². The highest BCUT2D eigenvalue weighted by molar-refractivity contribution is 6.01. The van der Waals surface area contributed by atoms with E-state index in [4.69, 9.17) is 11.5 Å². The first-order valence-corrected chi connectivity index (χ1v) is 6.99. The number of hydrogen-bond acceptors (Lipinski definition) is 5. The van der Waals surface area contributed by atoms with Crippen molar-refractivity contribution >= 4 is 17.3 Å². The van der Waals surface area contributed by atoms with Gasteiger partial charge in [0.2, 0.25) is 0 Å². The van der Waals surface area contributed by atoms with Gasteiger partial charge in [-0.3, -0.25) is 14.9 Å². The van der Waals surface area contributed by atoms with Gasteiger partial charge in [0.05, 0.1) is 10.5 Å². The molecule has 0 radical (unpaired) electrons. The number of carbonyl (C=O) groups excluding carboxylic acids is 1. The lowest BCUT2D eigenvalue weighted by molar-refractivity contribution is -0.383. The summed E-state index contributed by atoms with van der Waals surface area (Å²) in [6, 6.07) is 4.43. The molecule has 1 saturated heterocycles. The van der Waals surface area contributed by atoms with E-state index in [1.54, 1.807) is 4.90 Å². The number of nitrogen functional groups attached to an aromatic ring is 1. The lowest BCUT2D eigenvalue weighted by atomic mass is 9.90. The van der Waals surface area contributed by atoms with Crippen LogP contribution in [0.2, 0.25) is 0 Å². The first-order chi connectivity index (χ1) is 9.91. The third-order valence-corrected chi connectivity index (χ3v) is 4.08. The number of benzene rings is 1. The van der Waals surface area contributed by atoms with Crippen LogP contribution in [0.3, 0.4) is 0 Å². The van der Waals surface area contributed by atoms with Crippen LogP contribution < -0.4 is 11.5 Å².